The van der Waals surface area contributed by atoms with Gasteiger partial charge in [-0.1, -0.05) is 40.2 Å². The number of fused-ring (bicyclic) bond motifs is 1. The highest BCUT2D eigenvalue weighted by Gasteiger charge is 2.17. The summed E-state index contributed by atoms with van der Waals surface area (Å²) in [5.74, 6) is 0.721. The van der Waals surface area contributed by atoms with Crippen molar-refractivity contribution in [3.05, 3.63) is 48.2 Å². The van der Waals surface area contributed by atoms with Crippen LogP contribution >= 0.6 is 15.9 Å². The Hall–Kier alpha value is -2.32. The number of hydrogen-bond acceptors (Lipinski definition) is 3. The Labute approximate surface area is 143 Å². The SMILES string of the molecule is N#Cc1c(-c2ccn[nH]2)c(OCCCCBr)cc2ccccc12. The molecule has 1 aromatic heterocycles. The number of nitriles is 1. The van der Waals surface area contributed by atoms with Crippen LogP contribution in [0.2, 0.25) is 0 Å². The van der Waals surface area contributed by atoms with Crippen LogP contribution in [0.1, 0.15) is 18.4 Å². The second-order valence-corrected chi connectivity index (χ2v) is 5.97. The van der Waals surface area contributed by atoms with Crippen LogP contribution in [-0.2, 0) is 0 Å². The van der Waals surface area contributed by atoms with Gasteiger partial charge in [0.2, 0.25) is 0 Å². The molecule has 0 saturated heterocycles. The first kappa shape index (κ1) is 15.6. The highest BCUT2D eigenvalue weighted by molar-refractivity contribution is 9.09. The Morgan fingerprint density at radius 3 is 2.83 bits per heavy atom. The van der Waals surface area contributed by atoms with Gasteiger partial charge in [0.25, 0.3) is 0 Å². The van der Waals surface area contributed by atoms with Crippen molar-refractivity contribution in [2.75, 3.05) is 11.9 Å². The molecule has 0 saturated carbocycles. The Kier molecular flexibility index (Phi) is 4.94. The van der Waals surface area contributed by atoms with E-state index in [0.29, 0.717) is 12.2 Å². The predicted molar refractivity (Wildman–Crippen MR) is 94.8 cm³/mol. The molecular formula is C18H16BrN3O. The molecule has 0 unspecified atom stereocenters. The number of nitrogens with one attached hydrogen (secondary N) is 1. The number of nitrogens with zero attached hydrogens (tertiary/aromatic N) is 2. The summed E-state index contributed by atoms with van der Waals surface area (Å²) >= 11 is 3.43. The summed E-state index contributed by atoms with van der Waals surface area (Å²) in [6, 6.07) is 14.1. The number of aromatic amines is 1. The zero-order valence-corrected chi connectivity index (χ0v) is 14.1. The van der Waals surface area contributed by atoms with Crippen LogP contribution in [0.25, 0.3) is 22.0 Å². The molecule has 3 rings (SSSR count). The van der Waals surface area contributed by atoms with Crippen molar-refractivity contribution in [1.29, 1.82) is 5.26 Å². The molecule has 23 heavy (non-hydrogen) atoms. The van der Waals surface area contributed by atoms with Gasteiger partial charge in [-0.15, -0.1) is 0 Å². The zero-order valence-electron chi connectivity index (χ0n) is 12.6. The van der Waals surface area contributed by atoms with Crippen LogP contribution < -0.4 is 4.74 Å². The number of ether oxygens (including phenoxy) is 1. The quantitative estimate of drug-likeness (QED) is 0.507. The van der Waals surface area contributed by atoms with Gasteiger partial charge < -0.3 is 4.74 Å². The van der Waals surface area contributed by atoms with Crippen LogP contribution in [0.3, 0.4) is 0 Å². The van der Waals surface area contributed by atoms with E-state index in [2.05, 4.69) is 32.2 Å². The maximum Gasteiger partial charge on any atom is 0.130 e. The minimum atomic E-state index is 0.614. The summed E-state index contributed by atoms with van der Waals surface area (Å²) in [5, 5.41) is 19.5. The maximum atomic E-state index is 9.70. The first-order chi connectivity index (χ1) is 11.3. The van der Waals surface area contributed by atoms with E-state index in [1.54, 1.807) is 6.20 Å². The molecule has 1 heterocycles. The minimum absolute atomic E-state index is 0.614. The molecule has 0 amide bonds. The molecular weight excluding hydrogens is 354 g/mol. The molecule has 0 spiro atoms. The predicted octanol–water partition coefficient (Wildman–Crippen LogP) is 4.66. The Morgan fingerprint density at radius 1 is 1.22 bits per heavy atom. The molecule has 0 aliphatic carbocycles. The second kappa shape index (κ2) is 7.30. The monoisotopic (exact) mass is 369 g/mol. The third-order valence-electron chi connectivity index (χ3n) is 3.68. The fourth-order valence-electron chi connectivity index (χ4n) is 2.59. The summed E-state index contributed by atoms with van der Waals surface area (Å²) in [5.41, 5.74) is 2.19. The standard InChI is InChI=1S/C18H16BrN3O/c19-8-3-4-10-23-17-11-13-5-1-2-6-14(13)15(12-20)18(17)16-7-9-21-22-16/h1-2,5-7,9,11H,3-4,8,10H2,(H,21,22). The lowest BCUT2D eigenvalue weighted by molar-refractivity contribution is 0.311. The third-order valence-corrected chi connectivity index (χ3v) is 4.24. The van der Waals surface area contributed by atoms with Crippen molar-refractivity contribution in [3.8, 4) is 23.1 Å². The molecule has 0 radical (unpaired) electrons. The highest BCUT2D eigenvalue weighted by atomic mass is 79.9. The fraction of sp³-hybridized carbons (Fsp3) is 0.222. The Bertz CT molecular complexity index is 837. The summed E-state index contributed by atoms with van der Waals surface area (Å²) < 4.78 is 5.99. The lowest BCUT2D eigenvalue weighted by atomic mass is 9.96. The van der Waals surface area contributed by atoms with Crippen LogP contribution in [0, 0.1) is 11.3 Å². The fourth-order valence-corrected chi connectivity index (χ4v) is 2.99. The lowest BCUT2D eigenvalue weighted by Crippen LogP contribution is -2.01. The van der Waals surface area contributed by atoms with Gasteiger partial charge in [0.15, 0.2) is 0 Å². The summed E-state index contributed by atoms with van der Waals surface area (Å²) in [6.45, 7) is 0.621. The van der Waals surface area contributed by atoms with Gasteiger partial charge in [-0.25, -0.2) is 0 Å². The number of unbranched alkanes of at least 4 members (excludes halogenated alkanes) is 1. The maximum absolute atomic E-state index is 9.70. The summed E-state index contributed by atoms with van der Waals surface area (Å²) in [6.07, 6.45) is 3.70. The number of rotatable bonds is 6. The number of H-pyrrole nitrogens is 1. The van der Waals surface area contributed by atoms with Crippen LogP contribution in [-0.4, -0.2) is 22.1 Å². The molecule has 0 aliphatic rings. The van der Waals surface area contributed by atoms with Crippen LogP contribution in [0.4, 0.5) is 0 Å². The number of halogens is 1. The minimum Gasteiger partial charge on any atom is -0.493 e. The topological polar surface area (TPSA) is 61.7 Å². The Balaban J connectivity index is 2.12. The van der Waals surface area contributed by atoms with Gasteiger partial charge in [-0.2, -0.15) is 10.4 Å². The summed E-state index contributed by atoms with van der Waals surface area (Å²) in [4.78, 5) is 0. The molecule has 0 aliphatic heterocycles. The molecule has 116 valence electrons. The highest BCUT2D eigenvalue weighted by Crippen LogP contribution is 2.37. The number of hydrogen-bond donors (Lipinski definition) is 1. The van der Waals surface area contributed by atoms with Gasteiger partial charge in [0.05, 0.1) is 23.4 Å². The molecule has 0 bridgehead atoms. The first-order valence-electron chi connectivity index (χ1n) is 7.49. The number of aromatic nitrogens is 2. The van der Waals surface area contributed by atoms with E-state index < -0.39 is 0 Å². The average Bonchev–Trinajstić information content (AvgIpc) is 3.11. The molecule has 3 aromatic rings. The molecule has 5 heteroatoms. The molecule has 2 aromatic carbocycles. The largest absolute Gasteiger partial charge is 0.493 e. The van der Waals surface area contributed by atoms with Crippen LogP contribution in [0.15, 0.2) is 42.6 Å². The van der Waals surface area contributed by atoms with E-state index in [0.717, 1.165) is 46.0 Å². The summed E-state index contributed by atoms with van der Waals surface area (Å²) in [7, 11) is 0. The zero-order chi connectivity index (χ0) is 16.1. The van der Waals surface area contributed by atoms with E-state index in [1.165, 1.54) is 0 Å². The van der Waals surface area contributed by atoms with E-state index in [-0.39, 0.29) is 0 Å². The van der Waals surface area contributed by atoms with E-state index in [1.807, 2.05) is 36.4 Å². The van der Waals surface area contributed by atoms with Gasteiger partial charge in [0, 0.05) is 16.9 Å². The van der Waals surface area contributed by atoms with Gasteiger partial charge >= 0.3 is 0 Å². The molecule has 0 atom stereocenters. The van der Waals surface area contributed by atoms with Crippen molar-refractivity contribution in [2.45, 2.75) is 12.8 Å². The molecule has 0 fully saturated rings. The van der Waals surface area contributed by atoms with Gasteiger partial charge in [0.1, 0.15) is 11.8 Å². The molecule has 1 N–H and O–H groups in total. The van der Waals surface area contributed by atoms with Crippen molar-refractivity contribution in [2.24, 2.45) is 0 Å². The third kappa shape index (κ3) is 3.22. The second-order valence-electron chi connectivity index (χ2n) is 5.17. The Morgan fingerprint density at radius 2 is 2.09 bits per heavy atom. The lowest BCUT2D eigenvalue weighted by Gasteiger charge is -2.14. The average molecular weight is 370 g/mol. The van der Waals surface area contributed by atoms with Crippen LogP contribution in [0.5, 0.6) is 5.75 Å². The normalized spacial score (nSPS) is 10.6. The number of benzene rings is 2. The smallest absolute Gasteiger partial charge is 0.130 e. The van der Waals surface area contributed by atoms with Gasteiger partial charge in [-0.05, 0) is 30.4 Å². The van der Waals surface area contributed by atoms with E-state index >= 15 is 0 Å². The first-order valence-corrected chi connectivity index (χ1v) is 8.61. The van der Waals surface area contributed by atoms with Crippen molar-refractivity contribution >= 4 is 26.7 Å². The van der Waals surface area contributed by atoms with Gasteiger partial charge in [-0.3, -0.25) is 5.10 Å². The molecule has 4 nitrogen and oxygen atoms in total. The van der Waals surface area contributed by atoms with E-state index in [4.69, 9.17) is 4.74 Å². The number of alkyl halides is 1. The van der Waals surface area contributed by atoms with Crippen molar-refractivity contribution in [3.63, 3.8) is 0 Å². The van der Waals surface area contributed by atoms with Crippen molar-refractivity contribution < 1.29 is 4.74 Å². The van der Waals surface area contributed by atoms with E-state index in [9.17, 15) is 5.26 Å². The van der Waals surface area contributed by atoms with Crippen molar-refractivity contribution in [1.82, 2.24) is 10.2 Å².